The SMILES string of the molecule is COC(=O)c1ccc(-n2c(C)cc(C=NNC(=O)CNc3ccc(Br)cc3)c2C)cc1. The van der Waals surface area contributed by atoms with Crippen molar-refractivity contribution in [1.82, 2.24) is 9.99 Å². The lowest BCUT2D eigenvalue weighted by molar-refractivity contribution is -0.119. The fraction of sp³-hybridized carbons (Fsp3) is 0.174. The molecule has 2 aromatic carbocycles. The van der Waals surface area contributed by atoms with E-state index in [1.807, 2.05) is 56.3 Å². The van der Waals surface area contributed by atoms with Crippen molar-refractivity contribution >= 4 is 39.7 Å². The number of amides is 1. The minimum absolute atomic E-state index is 0.116. The summed E-state index contributed by atoms with van der Waals surface area (Å²) >= 11 is 3.37. The van der Waals surface area contributed by atoms with Gasteiger partial charge in [-0.05, 0) is 68.4 Å². The summed E-state index contributed by atoms with van der Waals surface area (Å²) in [5, 5.41) is 7.12. The second kappa shape index (κ2) is 10.1. The molecule has 0 saturated heterocycles. The molecule has 0 aliphatic rings. The third-order valence-electron chi connectivity index (χ3n) is 4.71. The summed E-state index contributed by atoms with van der Waals surface area (Å²) in [7, 11) is 1.36. The van der Waals surface area contributed by atoms with Crippen LogP contribution in [0.5, 0.6) is 0 Å². The molecule has 3 aromatic rings. The number of rotatable bonds is 7. The number of carbonyl (C=O) groups is 2. The van der Waals surface area contributed by atoms with E-state index >= 15 is 0 Å². The summed E-state index contributed by atoms with van der Waals surface area (Å²) in [5.41, 5.74) is 7.66. The van der Waals surface area contributed by atoms with Crippen LogP contribution in [-0.4, -0.2) is 36.3 Å². The van der Waals surface area contributed by atoms with Gasteiger partial charge in [0.25, 0.3) is 5.91 Å². The van der Waals surface area contributed by atoms with Crippen LogP contribution in [0.3, 0.4) is 0 Å². The Kier molecular flexibility index (Phi) is 7.25. The van der Waals surface area contributed by atoms with Crippen molar-refractivity contribution in [2.75, 3.05) is 19.0 Å². The van der Waals surface area contributed by atoms with E-state index < -0.39 is 0 Å². The zero-order valence-corrected chi connectivity index (χ0v) is 19.1. The number of hydrogen-bond donors (Lipinski definition) is 2. The molecule has 7 nitrogen and oxygen atoms in total. The van der Waals surface area contributed by atoms with Gasteiger partial charge >= 0.3 is 5.97 Å². The van der Waals surface area contributed by atoms with Gasteiger partial charge < -0.3 is 14.6 Å². The summed E-state index contributed by atoms with van der Waals surface area (Å²) in [6, 6.07) is 16.7. The number of hydrogen-bond acceptors (Lipinski definition) is 5. The van der Waals surface area contributed by atoms with Crippen molar-refractivity contribution in [3.05, 3.63) is 81.6 Å². The average molecular weight is 483 g/mol. The Morgan fingerprint density at radius 2 is 1.77 bits per heavy atom. The van der Waals surface area contributed by atoms with Crippen LogP contribution >= 0.6 is 15.9 Å². The Morgan fingerprint density at radius 3 is 2.42 bits per heavy atom. The first kappa shape index (κ1) is 22.3. The van der Waals surface area contributed by atoms with Crippen LogP contribution in [0.4, 0.5) is 5.69 Å². The quantitative estimate of drug-likeness (QED) is 0.300. The van der Waals surface area contributed by atoms with E-state index in [0.717, 1.165) is 32.8 Å². The topological polar surface area (TPSA) is 84.7 Å². The summed E-state index contributed by atoms with van der Waals surface area (Å²) in [4.78, 5) is 23.7. The monoisotopic (exact) mass is 482 g/mol. The predicted molar refractivity (Wildman–Crippen MR) is 125 cm³/mol. The van der Waals surface area contributed by atoms with Crippen LogP contribution in [0, 0.1) is 13.8 Å². The van der Waals surface area contributed by atoms with E-state index in [1.165, 1.54) is 7.11 Å². The number of halogens is 1. The first-order chi connectivity index (χ1) is 14.9. The van der Waals surface area contributed by atoms with Gasteiger partial charge in [-0.3, -0.25) is 4.79 Å². The molecular formula is C23H23BrN4O3. The molecule has 0 spiro atoms. The fourth-order valence-electron chi connectivity index (χ4n) is 3.14. The maximum Gasteiger partial charge on any atom is 0.337 e. The number of ether oxygens (including phenoxy) is 1. The molecule has 2 N–H and O–H groups in total. The van der Waals surface area contributed by atoms with Gasteiger partial charge in [0.2, 0.25) is 0 Å². The molecule has 0 fully saturated rings. The number of aromatic nitrogens is 1. The lowest BCUT2D eigenvalue weighted by atomic mass is 10.2. The predicted octanol–water partition coefficient (Wildman–Crippen LogP) is 4.21. The van der Waals surface area contributed by atoms with Crippen LogP contribution in [0.2, 0.25) is 0 Å². The van der Waals surface area contributed by atoms with Gasteiger partial charge in [0.05, 0.1) is 25.4 Å². The van der Waals surface area contributed by atoms with Gasteiger partial charge in [0, 0.05) is 32.8 Å². The normalized spacial score (nSPS) is 10.8. The molecule has 8 heteroatoms. The number of anilines is 1. The molecular weight excluding hydrogens is 460 g/mol. The number of nitrogens with zero attached hydrogens (tertiary/aromatic N) is 2. The highest BCUT2D eigenvalue weighted by Gasteiger charge is 2.11. The summed E-state index contributed by atoms with van der Waals surface area (Å²) in [6.45, 7) is 4.07. The summed E-state index contributed by atoms with van der Waals surface area (Å²) < 4.78 is 7.77. The molecule has 0 atom stereocenters. The third-order valence-corrected chi connectivity index (χ3v) is 5.24. The smallest absolute Gasteiger partial charge is 0.337 e. The van der Waals surface area contributed by atoms with Gasteiger partial charge in [-0.1, -0.05) is 15.9 Å². The van der Waals surface area contributed by atoms with E-state index in [2.05, 4.69) is 36.3 Å². The highest BCUT2D eigenvalue weighted by Crippen LogP contribution is 2.20. The highest BCUT2D eigenvalue weighted by molar-refractivity contribution is 9.10. The van der Waals surface area contributed by atoms with Crippen molar-refractivity contribution in [2.45, 2.75) is 13.8 Å². The van der Waals surface area contributed by atoms with Crippen LogP contribution in [0.25, 0.3) is 5.69 Å². The molecule has 0 saturated carbocycles. The van der Waals surface area contributed by atoms with Crippen LogP contribution < -0.4 is 10.7 Å². The lowest BCUT2D eigenvalue weighted by Crippen LogP contribution is -2.25. The minimum atomic E-state index is -0.370. The molecule has 160 valence electrons. The molecule has 31 heavy (non-hydrogen) atoms. The van der Waals surface area contributed by atoms with Gasteiger partial charge in [-0.2, -0.15) is 5.10 Å². The maximum atomic E-state index is 12.0. The molecule has 0 unspecified atom stereocenters. The summed E-state index contributed by atoms with van der Waals surface area (Å²) in [6.07, 6.45) is 1.62. The molecule has 1 heterocycles. The van der Waals surface area contributed by atoms with E-state index in [9.17, 15) is 9.59 Å². The number of hydrazone groups is 1. The first-order valence-electron chi connectivity index (χ1n) is 9.58. The number of carbonyl (C=O) groups excluding carboxylic acids is 2. The second-order valence-electron chi connectivity index (χ2n) is 6.85. The van der Waals surface area contributed by atoms with Crippen molar-refractivity contribution in [3.8, 4) is 5.69 Å². The second-order valence-corrected chi connectivity index (χ2v) is 7.77. The number of benzene rings is 2. The van der Waals surface area contributed by atoms with E-state index in [4.69, 9.17) is 4.74 Å². The van der Waals surface area contributed by atoms with E-state index in [-0.39, 0.29) is 18.4 Å². The van der Waals surface area contributed by atoms with Crippen LogP contribution in [0.1, 0.15) is 27.3 Å². The Labute approximate surface area is 189 Å². The lowest BCUT2D eigenvalue weighted by Gasteiger charge is -2.10. The minimum Gasteiger partial charge on any atom is -0.465 e. The number of nitrogens with one attached hydrogen (secondary N) is 2. The standard InChI is InChI=1S/C23H23BrN4O3/c1-15-12-18(13-26-27-22(29)14-25-20-8-6-19(24)7-9-20)16(2)28(15)21-10-4-17(5-11-21)23(30)31-3/h4-13,25H,14H2,1-3H3,(H,27,29). The van der Waals surface area contributed by atoms with Crippen molar-refractivity contribution in [3.63, 3.8) is 0 Å². The Balaban J connectivity index is 1.63. The molecule has 0 aliphatic carbocycles. The first-order valence-corrected chi connectivity index (χ1v) is 10.4. The van der Waals surface area contributed by atoms with E-state index in [1.54, 1.807) is 18.3 Å². The molecule has 1 amide bonds. The van der Waals surface area contributed by atoms with Gasteiger partial charge in [-0.25, -0.2) is 10.2 Å². The highest BCUT2D eigenvalue weighted by atomic mass is 79.9. The van der Waals surface area contributed by atoms with Crippen molar-refractivity contribution in [1.29, 1.82) is 0 Å². The van der Waals surface area contributed by atoms with Gasteiger partial charge in [-0.15, -0.1) is 0 Å². The fourth-order valence-corrected chi connectivity index (χ4v) is 3.41. The molecule has 0 radical (unpaired) electrons. The number of aryl methyl sites for hydroxylation is 1. The van der Waals surface area contributed by atoms with Crippen molar-refractivity contribution in [2.24, 2.45) is 5.10 Å². The van der Waals surface area contributed by atoms with E-state index in [0.29, 0.717) is 5.56 Å². The average Bonchev–Trinajstić information content (AvgIpc) is 3.06. The third kappa shape index (κ3) is 5.61. The largest absolute Gasteiger partial charge is 0.465 e. The molecule has 1 aromatic heterocycles. The van der Waals surface area contributed by atoms with Crippen LogP contribution in [0.15, 0.2) is 64.2 Å². The summed E-state index contributed by atoms with van der Waals surface area (Å²) in [5.74, 6) is -0.614. The zero-order chi connectivity index (χ0) is 22.4. The molecule has 0 bridgehead atoms. The molecule has 3 rings (SSSR count). The number of methoxy groups -OCH3 is 1. The van der Waals surface area contributed by atoms with Gasteiger partial charge in [0.15, 0.2) is 0 Å². The zero-order valence-electron chi connectivity index (χ0n) is 17.5. The Bertz CT molecular complexity index is 1100. The Morgan fingerprint density at radius 1 is 1.10 bits per heavy atom. The van der Waals surface area contributed by atoms with Crippen LogP contribution in [-0.2, 0) is 9.53 Å². The molecule has 0 aliphatic heterocycles. The maximum absolute atomic E-state index is 12.0. The van der Waals surface area contributed by atoms with Gasteiger partial charge in [0.1, 0.15) is 0 Å². The van der Waals surface area contributed by atoms with Crippen molar-refractivity contribution < 1.29 is 14.3 Å². The number of esters is 1. The Hall–Kier alpha value is -3.39.